The maximum absolute atomic E-state index is 12.6. The van der Waals surface area contributed by atoms with E-state index in [2.05, 4.69) is 9.97 Å². The minimum absolute atomic E-state index is 0.0203. The molecule has 8 heteroatoms. The highest BCUT2D eigenvalue weighted by Crippen LogP contribution is 2.36. The summed E-state index contributed by atoms with van der Waals surface area (Å²) in [5.41, 5.74) is 0.436. The molecule has 134 valence electrons. The van der Waals surface area contributed by atoms with Crippen LogP contribution in [0.2, 0.25) is 0 Å². The third-order valence-electron chi connectivity index (χ3n) is 4.76. The third-order valence-corrected chi connectivity index (χ3v) is 5.80. The van der Waals surface area contributed by atoms with Crippen LogP contribution in [0.25, 0.3) is 11.0 Å². The highest BCUT2D eigenvalue weighted by Gasteiger charge is 2.30. The Labute approximate surface area is 152 Å². The standard InChI is InChI=1S/C18H17N3O4S/c1-25-5-4-21-16-15(17(23)20-18(21)24)11-7-10(14-3-2-6-26-14)8-13(22)12(11)9-19-16/h2-3,6,9-10H,4-5,7-8H2,1H3,(H,20,23,24)/t10-/m0/s1. The summed E-state index contributed by atoms with van der Waals surface area (Å²) in [4.78, 5) is 45.1. The van der Waals surface area contributed by atoms with E-state index in [1.165, 1.54) is 10.8 Å². The molecule has 0 unspecified atom stereocenters. The predicted octanol–water partition coefficient (Wildman–Crippen LogP) is 1.71. The molecule has 0 amide bonds. The number of thiophene rings is 1. The van der Waals surface area contributed by atoms with Crippen LogP contribution in [0.15, 0.2) is 33.3 Å². The second-order valence-corrected chi connectivity index (χ2v) is 7.28. The number of carbonyl (C=O) groups excluding carboxylic acids is 1. The van der Waals surface area contributed by atoms with Gasteiger partial charge in [-0.2, -0.15) is 0 Å². The molecule has 1 aliphatic rings. The second kappa shape index (κ2) is 6.62. The lowest BCUT2D eigenvalue weighted by molar-refractivity contribution is 0.0964. The van der Waals surface area contributed by atoms with Gasteiger partial charge in [0.15, 0.2) is 5.78 Å². The first-order chi connectivity index (χ1) is 12.6. The molecule has 3 aromatic rings. The summed E-state index contributed by atoms with van der Waals surface area (Å²) < 4.78 is 6.43. The van der Waals surface area contributed by atoms with Crippen molar-refractivity contribution < 1.29 is 9.53 Å². The van der Waals surface area contributed by atoms with Gasteiger partial charge in [0.2, 0.25) is 0 Å². The summed E-state index contributed by atoms with van der Waals surface area (Å²) >= 11 is 1.61. The minimum atomic E-state index is -0.524. The van der Waals surface area contributed by atoms with E-state index in [1.807, 2.05) is 17.5 Å². The Kier molecular flexibility index (Phi) is 4.29. The van der Waals surface area contributed by atoms with Gasteiger partial charge in [-0.1, -0.05) is 6.07 Å². The van der Waals surface area contributed by atoms with Gasteiger partial charge in [0.25, 0.3) is 5.56 Å². The summed E-state index contributed by atoms with van der Waals surface area (Å²) in [7, 11) is 1.54. The Bertz CT molecular complexity index is 1100. The monoisotopic (exact) mass is 371 g/mol. The first-order valence-electron chi connectivity index (χ1n) is 8.30. The fraction of sp³-hybridized carbons (Fsp3) is 0.333. The third kappa shape index (κ3) is 2.71. The van der Waals surface area contributed by atoms with E-state index in [9.17, 15) is 14.4 Å². The van der Waals surface area contributed by atoms with E-state index >= 15 is 0 Å². The van der Waals surface area contributed by atoms with Crippen molar-refractivity contribution in [2.45, 2.75) is 25.3 Å². The van der Waals surface area contributed by atoms with Crippen LogP contribution in [-0.2, 0) is 17.7 Å². The molecule has 26 heavy (non-hydrogen) atoms. The Morgan fingerprint density at radius 3 is 2.92 bits per heavy atom. The van der Waals surface area contributed by atoms with Gasteiger partial charge >= 0.3 is 5.69 Å². The number of fused-ring (bicyclic) bond motifs is 3. The molecule has 1 aliphatic carbocycles. The molecule has 0 fully saturated rings. The van der Waals surface area contributed by atoms with Gasteiger partial charge in [0.05, 0.1) is 18.5 Å². The second-order valence-electron chi connectivity index (χ2n) is 6.30. The van der Waals surface area contributed by atoms with Crippen LogP contribution in [0.5, 0.6) is 0 Å². The van der Waals surface area contributed by atoms with Crippen molar-refractivity contribution in [2.24, 2.45) is 0 Å². The van der Waals surface area contributed by atoms with E-state index in [0.29, 0.717) is 41.6 Å². The topological polar surface area (TPSA) is 94.1 Å². The summed E-state index contributed by atoms with van der Waals surface area (Å²) in [5.74, 6) is 0.0208. The number of rotatable bonds is 4. The normalized spacial score (nSPS) is 16.8. The number of aromatic amines is 1. The maximum atomic E-state index is 12.6. The van der Waals surface area contributed by atoms with Crippen LogP contribution in [-0.4, -0.2) is 34.0 Å². The van der Waals surface area contributed by atoms with Crippen molar-refractivity contribution >= 4 is 28.2 Å². The molecule has 3 aromatic heterocycles. The molecule has 7 nitrogen and oxygen atoms in total. The quantitative estimate of drug-likeness (QED) is 0.753. The van der Waals surface area contributed by atoms with Crippen LogP contribution in [0, 0.1) is 0 Å². The van der Waals surface area contributed by atoms with Crippen molar-refractivity contribution in [1.29, 1.82) is 0 Å². The fourth-order valence-corrected chi connectivity index (χ4v) is 4.35. The van der Waals surface area contributed by atoms with Crippen molar-refractivity contribution in [1.82, 2.24) is 14.5 Å². The highest BCUT2D eigenvalue weighted by atomic mass is 32.1. The highest BCUT2D eigenvalue weighted by molar-refractivity contribution is 7.10. The zero-order valence-corrected chi connectivity index (χ0v) is 15.0. The minimum Gasteiger partial charge on any atom is -0.383 e. The summed E-state index contributed by atoms with van der Waals surface area (Å²) in [5, 5.41) is 2.31. The van der Waals surface area contributed by atoms with Gasteiger partial charge in [-0.25, -0.2) is 9.78 Å². The number of Topliss-reactive ketones (excluding diaryl/α,β-unsaturated/α-hetero) is 1. The fourth-order valence-electron chi connectivity index (χ4n) is 3.52. The number of aromatic nitrogens is 3. The smallest absolute Gasteiger partial charge is 0.330 e. The van der Waals surface area contributed by atoms with E-state index < -0.39 is 11.2 Å². The van der Waals surface area contributed by atoms with Gasteiger partial charge in [0, 0.05) is 36.1 Å². The lowest BCUT2D eigenvalue weighted by atomic mass is 9.82. The maximum Gasteiger partial charge on any atom is 0.330 e. The molecule has 0 radical (unpaired) electrons. The number of ketones is 1. The number of hydrogen-bond acceptors (Lipinski definition) is 6. The average molecular weight is 371 g/mol. The van der Waals surface area contributed by atoms with Crippen LogP contribution in [0.1, 0.15) is 33.1 Å². The lowest BCUT2D eigenvalue weighted by Crippen LogP contribution is -2.33. The summed E-state index contributed by atoms with van der Waals surface area (Å²) in [6.45, 7) is 0.591. The molecule has 1 N–H and O–H groups in total. The molecular weight excluding hydrogens is 354 g/mol. The van der Waals surface area contributed by atoms with Crippen molar-refractivity contribution in [3.05, 3.63) is 60.6 Å². The van der Waals surface area contributed by atoms with Gasteiger partial charge in [-0.3, -0.25) is 19.1 Å². The molecule has 0 aromatic carbocycles. The van der Waals surface area contributed by atoms with Gasteiger partial charge in [-0.05, 0) is 23.4 Å². The SMILES string of the molecule is COCCn1c(=O)[nH]c(=O)c2c3c(cnc21)C(=O)C[C@@H](c1cccs1)C3. The Hall–Kier alpha value is -2.58. The first kappa shape index (κ1) is 16.9. The number of nitrogens with zero attached hydrogens (tertiary/aromatic N) is 2. The average Bonchev–Trinajstić information content (AvgIpc) is 3.15. The first-order valence-corrected chi connectivity index (χ1v) is 9.18. The predicted molar refractivity (Wildman–Crippen MR) is 98.2 cm³/mol. The van der Waals surface area contributed by atoms with Gasteiger partial charge in [0.1, 0.15) is 5.65 Å². The van der Waals surface area contributed by atoms with Crippen LogP contribution in [0.4, 0.5) is 0 Å². The van der Waals surface area contributed by atoms with Crippen LogP contribution in [0.3, 0.4) is 0 Å². The molecule has 0 aliphatic heterocycles. The number of H-pyrrole nitrogens is 1. The molecule has 1 atom stereocenters. The van der Waals surface area contributed by atoms with E-state index in [4.69, 9.17) is 4.74 Å². The van der Waals surface area contributed by atoms with E-state index in [-0.39, 0.29) is 18.2 Å². The van der Waals surface area contributed by atoms with Crippen molar-refractivity contribution in [3.8, 4) is 0 Å². The number of nitrogens with one attached hydrogen (secondary N) is 1. The Morgan fingerprint density at radius 1 is 1.35 bits per heavy atom. The lowest BCUT2D eigenvalue weighted by Gasteiger charge is -2.24. The molecule has 3 heterocycles. The number of pyridine rings is 1. The number of methoxy groups -OCH3 is 1. The van der Waals surface area contributed by atoms with Gasteiger partial charge < -0.3 is 4.74 Å². The largest absolute Gasteiger partial charge is 0.383 e. The number of ether oxygens (including phenoxy) is 1. The zero-order valence-electron chi connectivity index (χ0n) is 14.2. The van der Waals surface area contributed by atoms with Crippen molar-refractivity contribution in [3.63, 3.8) is 0 Å². The van der Waals surface area contributed by atoms with Crippen LogP contribution < -0.4 is 11.2 Å². The van der Waals surface area contributed by atoms with Gasteiger partial charge in [-0.15, -0.1) is 11.3 Å². The molecule has 0 saturated heterocycles. The molecule has 0 saturated carbocycles. The number of carbonyl (C=O) groups is 1. The Morgan fingerprint density at radius 2 is 2.19 bits per heavy atom. The number of hydrogen-bond donors (Lipinski definition) is 1. The van der Waals surface area contributed by atoms with E-state index in [0.717, 1.165) is 4.88 Å². The van der Waals surface area contributed by atoms with Crippen LogP contribution >= 0.6 is 11.3 Å². The zero-order chi connectivity index (χ0) is 18.3. The summed E-state index contributed by atoms with van der Waals surface area (Å²) in [6, 6.07) is 3.97. The molecule has 0 bridgehead atoms. The molecule has 0 spiro atoms. The molecular formula is C18H17N3O4S. The Balaban J connectivity index is 1.94. The summed E-state index contributed by atoms with van der Waals surface area (Å²) in [6.07, 6.45) is 2.47. The van der Waals surface area contributed by atoms with Crippen molar-refractivity contribution in [2.75, 3.05) is 13.7 Å². The molecule has 4 rings (SSSR count). The van der Waals surface area contributed by atoms with E-state index in [1.54, 1.807) is 18.4 Å².